The minimum absolute atomic E-state index is 0.214. The number of aryl methyl sites for hydroxylation is 3. The second kappa shape index (κ2) is 9.05. The zero-order valence-electron chi connectivity index (χ0n) is 16.7. The molecule has 0 radical (unpaired) electrons. The number of nitrogens with one attached hydrogen (secondary N) is 2. The number of hydrogen-bond donors (Lipinski definition) is 2. The van der Waals surface area contributed by atoms with Crippen LogP contribution in [-0.2, 0) is 6.42 Å². The molecule has 3 rings (SSSR count). The van der Waals surface area contributed by atoms with Gasteiger partial charge in [0.05, 0.1) is 0 Å². The van der Waals surface area contributed by atoms with E-state index in [0.717, 1.165) is 17.0 Å². The third-order valence-corrected chi connectivity index (χ3v) is 4.35. The lowest BCUT2D eigenvalue weighted by molar-refractivity contribution is 0.0952. The Morgan fingerprint density at radius 3 is 2.24 bits per heavy atom. The van der Waals surface area contributed by atoms with E-state index >= 15 is 0 Å². The Bertz CT molecular complexity index is 1010. The smallest absolute Gasteiger partial charge is 0.255 e. The van der Waals surface area contributed by atoms with Crippen LogP contribution in [0.1, 0.15) is 43.5 Å². The van der Waals surface area contributed by atoms with Gasteiger partial charge in [-0.1, -0.05) is 6.07 Å². The van der Waals surface area contributed by atoms with Gasteiger partial charge in [0.15, 0.2) is 0 Å². The molecular weight excluding hydrogens is 366 g/mol. The first kappa shape index (κ1) is 20.1. The Kier molecular flexibility index (Phi) is 6.29. The van der Waals surface area contributed by atoms with E-state index in [2.05, 4.69) is 25.6 Å². The summed E-state index contributed by atoms with van der Waals surface area (Å²) in [6.45, 7) is 6.14. The largest absolute Gasteiger partial charge is 0.352 e. The van der Waals surface area contributed by atoms with E-state index in [1.165, 1.54) is 0 Å². The van der Waals surface area contributed by atoms with E-state index in [1.54, 1.807) is 36.7 Å². The quantitative estimate of drug-likeness (QED) is 0.675. The van der Waals surface area contributed by atoms with E-state index in [-0.39, 0.29) is 11.8 Å². The first-order valence-corrected chi connectivity index (χ1v) is 9.34. The van der Waals surface area contributed by atoms with Crippen molar-refractivity contribution in [2.75, 3.05) is 11.9 Å². The van der Waals surface area contributed by atoms with Gasteiger partial charge in [0, 0.05) is 53.6 Å². The molecule has 0 spiro atoms. The molecule has 0 aliphatic rings. The first-order valence-electron chi connectivity index (χ1n) is 9.34. The summed E-state index contributed by atoms with van der Waals surface area (Å²) in [5.74, 6) is 0.241. The van der Waals surface area contributed by atoms with Crippen LogP contribution >= 0.6 is 0 Å². The number of nitrogens with zero attached hydrogens (tertiary/aromatic N) is 3. The lowest BCUT2D eigenvalue weighted by atomic mass is 10.1. The Balaban J connectivity index is 1.63. The molecule has 2 heterocycles. The average molecular weight is 389 g/mol. The Labute approximate surface area is 169 Å². The van der Waals surface area contributed by atoms with Crippen LogP contribution in [0, 0.1) is 20.8 Å². The van der Waals surface area contributed by atoms with Gasteiger partial charge in [-0.15, -0.1) is 0 Å². The van der Waals surface area contributed by atoms with Crippen molar-refractivity contribution in [3.8, 4) is 0 Å². The second-order valence-electron chi connectivity index (χ2n) is 6.79. The summed E-state index contributed by atoms with van der Waals surface area (Å²) >= 11 is 0. The van der Waals surface area contributed by atoms with Crippen LogP contribution in [-0.4, -0.2) is 33.3 Å². The van der Waals surface area contributed by atoms with E-state index in [4.69, 9.17) is 0 Å². The molecule has 7 heteroatoms. The Morgan fingerprint density at radius 1 is 0.862 bits per heavy atom. The normalized spacial score (nSPS) is 10.4. The van der Waals surface area contributed by atoms with Gasteiger partial charge in [-0.2, -0.15) is 0 Å². The monoisotopic (exact) mass is 389 g/mol. The summed E-state index contributed by atoms with van der Waals surface area (Å²) in [6, 6.07) is 10.4. The van der Waals surface area contributed by atoms with Crippen LogP contribution in [0.15, 0.2) is 48.8 Å². The van der Waals surface area contributed by atoms with Crippen LogP contribution in [0.5, 0.6) is 0 Å². The van der Waals surface area contributed by atoms with Crippen molar-refractivity contribution in [2.45, 2.75) is 27.2 Å². The molecule has 0 atom stereocenters. The molecule has 0 saturated carbocycles. The number of pyridine rings is 1. The number of carbonyl (C=O) groups is 2. The second-order valence-corrected chi connectivity index (χ2v) is 6.79. The van der Waals surface area contributed by atoms with Gasteiger partial charge < -0.3 is 10.6 Å². The van der Waals surface area contributed by atoms with Gasteiger partial charge in [0.2, 0.25) is 0 Å². The van der Waals surface area contributed by atoms with E-state index < -0.39 is 0 Å². The van der Waals surface area contributed by atoms with Gasteiger partial charge in [-0.3, -0.25) is 14.6 Å². The van der Waals surface area contributed by atoms with Crippen molar-refractivity contribution >= 4 is 17.5 Å². The number of aromatic nitrogens is 3. The van der Waals surface area contributed by atoms with Crippen molar-refractivity contribution in [3.63, 3.8) is 0 Å². The fourth-order valence-corrected chi connectivity index (χ4v) is 2.90. The fourth-order valence-electron chi connectivity index (χ4n) is 2.90. The number of benzene rings is 1. The van der Waals surface area contributed by atoms with Gasteiger partial charge in [-0.25, -0.2) is 9.97 Å². The molecule has 29 heavy (non-hydrogen) atoms. The summed E-state index contributed by atoms with van der Waals surface area (Å²) in [5, 5.41) is 5.73. The van der Waals surface area contributed by atoms with Crippen molar-refractivity contribution in [2.24, 2.45) is 0 Å². The number of hydrogen-bond acceptors (Lipinski definition) is 5. The van der Waals surface area contributed by atoms with Crippen LogP contribution in [0.3, 0.4) is 0 Å². The molecule has 0 fully saturated rings. The zero-order chi connectivity index (χ0) is 20.8. The van der Waals surface area contributed by atoms with Gasteiger partial charge >= 0.3 is 0 Å². The van der Waals surface area contributed by atoms with Crippen molar-refractivity contribution in [1.82, 2.24) is 20.3 Å². The standard InChI is InChI=1S/C22H23N5O2/c1-14-4-5-18(13-19(14)27-22(29)17-6-9-23-10-7-17)21(28)24-11-8-20-25-15(2)12-16(3)26-20/h4-7,9-10,12-13H,8,11H2,1-3H3,(H,24,28)(H,27,29). The predicted molar refractivity (Wildman–Crippen MR) is 111 cm³/mol. The molecule has 0 bridgehead atoms. The Morgan fingerprint density at radius 2 is 1.55 bits per heavy atom. The van der Waals surface area contributed by atoms with Crippen molar-refractivity contribution < 1.29 is 9.59 Å². The maximum Gasteiger partial charge on any atom is 0.255 e. The molecule has 2 aromatic heterocycles. The number of carbonyl (C=O) groups excluding carboxylic acids is 2. The maximum absolute atomic E-state index is 12.5. The Hall–Kier alpha value is -3.61. The molecule has 2 N–H and O–H groups in total. The highest BCUT2D eigenvalue weighted by atomic mass is 16.2. The van der Waals surface area contributed by atoms with Crippen LogP contribution in [0.25, 0.3) is 0 Å². The SMILES string of the molecule is Cc1cc(C)nc(CCNC(=O)c2ccc(C)c(NC(=O)c3ccncc3)c2)n1. The van der Waals surface area contributed by atoms with E-state index in [9.17, 15) is 9.59 Å². The molecule has 3 aromatic rings. The molecule has 2 amide bonds. The van der Waals surface area contributed by atoms with Crippen molar-refractivity contribution in [1.29, 1.82) is 0 Å². The minimum Gasteiger partial charge on any atom is -0.352 e. The van der Waals surface area contributed by atoms with Crippen LogP contribution < -0.4 is 10.6 Å². The maximum atomic E-state index is 12.5. The molecule has 0 unspecified atom stereocenters. The first-order chi connectivity index (χ1) is 13.9. The molecule has 0 aliphatic carbocycles. The lowest BCUT2D eigenvalue weighted by Gasteiger charge is -2.11. The highest BCUT2D eigenvalue weighted by Gasteiger charge is 2.11. The summed E-state index contributed by atoms with van der Waals surface area (Å²) < 4.78 is 0. The van der Waals surface area contributed by atoms with Gasteiger partial charge in [0.25, 0.3) is 11.8 Å². The van der Waals surface area contributed by atoms with E-state index in [0.29, 0.717) is 35.6 Å². The number of anilines is 1. The highest BCUT2D eigenvalue weighted by molar-refractivity contribution is 6.05. The average Bonchev–Trinajstić information content (AvgIpc) is 2.69. The highest BCUT2D eigenvalue weighted by Crippen LogP contribution is 2.18. The fraction of sp³-hybridized carbons (Fsp3) is 0.227. The summed E-state index contributed by atoms with van der Waals surface area (Å²) in [5.41, 5.74) is 4.26. The topological polar surface area (TPSA) is 96.9 Å². The molecule has 148 valence electrons. The zero-order valence-corrected chi connectivity index (χ0v) is 16.7. The van der Waals surface area contributed by atoms with Gasteiger partial charge in [-0.05, 0) is 56.7 Å². The van der Waals surface area contributed by atoms with E-state index in [1.807, 2.05) is 32.9 Å². The van der Waals surface area contributed by atoms with Crippen LogP contribution in [0.2, 0.25) is 0 Å². The summed E-state index contributed by atoms with van der Waals surface area (Å²) in [7, 11) is 0. The third-order valence-electron chi connectivity index (χ3n) is 4.35. The van der Waals surface area contributed by atoms with Crippen LogP contribution in [0.4, 0.5) is 5.69 Å². The predicted octanol–water partition coefficient (Wildman–Crippen LogP) is 3.02. The molecule has 7 nitrogen and oxygen atoms in total. The third kappa shape index (κ3) is 5.44. The molecule has 0 saturated heterocycles. The number of amides is 2. The van der Waals surface area contributed by atoms with Gasteiger partial charge in [0.1, 0.15) is 5.82 Å². The van der Waals surface area contributed by atoms with Crippen molar-refractivity contribution in [3.05, 3.63) is 82.7 Å². The lowest BCUT2D eigenvalue weighted by Crippen LogP contribution is -2.26. The molecule has 1 aromatic carbocycles. The molecule has 0 aliphatic heterocycles. The summed E-state index contributed by atoms with van der Waals surface area (Å²) in [6.07, 6.45) is 3.67. The number of rotatable bonds is 6. The molecular formula is C22H23N5O2. The summed E-state index contributed by atoms with van der Waals surface area (Å²) in [4.78, 5) is 37.6. The minimum atomic E-state index is -0.250.